The fraction of sp³-hybridized carbons (Fsp3) is 0.706. The summed E-state index contributed by atoms with van der Waals surface area (Å²) in [5.41, 5.74) is 0.880. The van der Waals surface area contributed by atoms with Crippen LogP contribution in [0.5, 0.6) is 0 Å². The van der Waals surface area contributed by atoms with Gasteiger partial charge in [-0.2, -0.15) is 5.10 Å². The van der Waals surface area contributed by atoms with Crippen LogP contribution in [-0.2, 0) is 23.4 Å². The standard InChI is InChI=1S/C17H28N6O2/c1-14(2)23-12-16(19-20-23)17(24)5-4-6-21(13-17)10-15-9-18-22(11-15)7-8-25-3/h9,11-12,14,24H,4-8,10,13H2,1-3H3/t17-/m0/s1. The van der Waals surface area contributed by atoms with Crippen molar-refractivity contribution >= 4 is 0 Å². The van der Waals surface area contributed by atoms with Crippen LogP contribution in [0.2, 0.25) is 0 Å². The Morgan fingerprint density at radius 1 is 1.36 bits per heavy atom. The monoisotopic (exact) mass is 348 g/mol. The van der Waals surface area contributed by atoms with Crippen LogP contribution < -0.4 is 0 Å². The van der Waals surface area contributed by atoms with E-state index in [4.69, 9.17) is 4.74 Å². The van der Waals surface area contributed by atoms with E-state index in [0.29, 0.717) is 25.3 Å². The maximum Gasteiger partial charge on any atom is 0.123 e. The normalized spacial score (nSPS) is 22.0. The van der Waals surface area contributed by atoms with Crippen molar-refractivity contribution in [3.63, 3.8) is 0 Å². The average molecular weight is 348 g/mol. The molecule has 3 heterocycles. The first kappa shape index (κ1) is 18.0. The average Bonchev–Trinajstić information content (AvgIpc) is 3.23. The number of hydrogen-bond acceptors (Lipinski definition) is 6. The SMILES string of the molecule is COCCn1cc(CN2CCC[C@@](O)(c3cn(C(C)C)nn3)C2)cn1. The lowest BCUT2D eigenvalue weighted by molar-refractivity contribution is -0.0414. The highest BCUT2D eigenvalue weighted by atomic mass is 16.5. The lowest BCUT2D eigenvalue weighted by Crippen LogP contribution is -2.45. The summed E-state index contributed by atoms with van der Waals surface area (Å²) in [4.78, 5) is 2.26. The summed E-state index contributed by atoms with van der Waals surface area (Å²) in [5.74, 6) is 0. The van der Waals surface area contributed by atoms with Crippen LogP contribution >= 0.6 is 0 Å². The molecule has 8 heteroatoms. The quantitative estimate of drug-likeness (QED) is 0.809. The summed E-state index contributed by atoms with van der Waals surface area (Å²) >= 11 is 0. The third-order valence-electron chi connectivity index (χ3n) is 4.68. The van der Waals surface area contributed by atoms with Crippen LogP contribution in [0.1, 0.15) is 44.0 Å². The van der Waals surface area contributed by atoms with Crippen molar-refractivity contribution in [2.24, 2.45) is 0 Å². The van der Waals surface area contributed by atoms with E-state index in [-0.39, 0.29) is 6.04 Å². The largest absolute Gasteiger partial charge is 0.383 e. The zero-order valence-corrected chi connectivity index (χ0v) is 15.3. The molecule has 1 fully saturated rings. The Bertz CT molecular complexity index is 682. The predicted molar refractivity (Wildman–Crippen MR) is 92.9 cm³/mol. The summed E-state index contributed by atoms with van der Waals surface area (Å²) in [6.45, 7) is 7.80. The molecule has 1 atom stereocenters. The Morgan fingerprint density at radius 2 is 2.20 bits per heavy atom. The van der Waals surface area contributed by atoms with Crippen molar-refractivity contribution in [2.75, 3.05) is 26.8 Å². The number of rotatable bonds is 7. The van der Waals surface area contributed by atoms with E-state index in [0.717, 1.165) is 31.6 Å². The van der Waals surface area contributed by atoms with Gasteiger partial charge in [0, 0.05) is 38.0 Å². The van der Waals surface area contributed by atoms with E-state index in [2.05, 4.69) is 34.2 Å². The van der Waals surface area contributed by atoms with E-state index < -0.39 is 5.60 Å². The Morgan fingerprint density at radius 3 is 2.92 bits per heavy atom. The van der Waals surface area contributed by atoms with Crippen LogP contribution in [0, 0.1) is 0 Å². The Balaban J connectivity index is 1.64. The highest BCUT2D eigenvalue weighted by molar-refractivity contribution is 5.11. The van der Waals surface area contributed by atoms with Gasteiger partial charge in [-0.3, -0.25) is 9.58 Å². The molecule has 0 aromatic carbocycles. The van der Waals surface area contributed by atoms with E-state index in [1.54, 1.807) is 11.8 Å². The number of methoxy groups -OCH3 is 1. The summed E-state index contributed by atoms with van der Waals surface area (Å²) in [5, 5.41) is 23.8. The van der Waals surface area contributed by atoms with Gasteiger partial charge in [-0.15, -0.1) is 5.10 Å². The molecule has 8 nitrogen and oxygen atoms in total. The van der Waals surface area contributed by atoms with Crippen LogP contribution in [0.4, 0.5) is 0 Å². The molecule has 2 aromatic heterocycles. The lowest BCUT2D eigenvalue weighted by Gasteiger charge is -2.37. The minimum atomic E-state index is -0.933. The maximum atomic E-state index is 11.1. The molecule has 0 unspecified atom stereocenters. The molecule has 1 saturated heterocycles. The number of ether oxygens (including phenoxy) is 1. The summed E-state index contributed by atoms with van der Waals surface area (Å²) in [7, 11) is 1.69. The first-order chi connectivity index (χ1) is 12.0. The number of aromatic nitrogens is 5. The van der Waals surface area contributed by atoms with Crippen LogP contribution in [0.3, 0.4) is 0 Å². The molecule has 25 heavy (non-hydrogen) atoms. The van der Waals surface area contributed by atoms with E-state index in [1.165, 1.54) is 0 Å². The van der Waals surface area contributed by atoms with E-state index >= 15 is 0 Å². The van der Waals surface area contributed by atoms with E-state index in [9.17, 15) is 5.11 Å². The maximum absolute atomic E-state index is 11.1. The fourth-order valence-corrected chi connectivity index (χ4v) is 3.26. The molecule has 0 aliphatic carbocycles. The van der Waals surface area contributed by atoms with Gasteiger partial charge >= 0.3 is 0 Å². The molecule has 1 aliphatic rings. The molecule has 1 N–H and O–H groups in total. The van der Waals surface area contributed by atoms with Gasteiger partial charge in [0.05, 0.1) is 25.5 Å². The first-order valence-electron chi connectivity index (χ1n) is 8.87. The smallest absolute Gasteiger partial charge is 0.123 e. The first-order valence-corrected chi connectivity index (χ1v) is 8.87. The molecule has 0 amide bonds. The molecule has 0 saturated carbocycles. The minimum absolute atomic E-state index is 0.238. The molecular weight excluding hydrogens is 320 g/mol. The lowest BCUT2D eigenvalue weighted by atomic mass is 9.90. The summed E-state index contributed by atoms with van der Waals surface area (Å²) in [6, 6.07) is 0.238. The highest BCUT2D eigenvalue weighted by Crippen LogP contribution is 2.31. The van der Waals surface area contributed by atoms with Gasteiger partial charge < -0.3 is 9.84 Å². The number of aliphatic hydroxyl groups is 1. The second-order valence-electron chi connectivity index (χ2n) is 7.13. The van der Waals surface area contributed by atoms with Gasteiger partial charge in [-0.25, -0.2) is 4.68 Å². The van der Waals surface area contributed by atoms with Crippen molar-refractivity contribution in [1.29, 1.82) is 0 Å². The topological polar surface area (TPSA) is 81.2 Å². The second-order valence-corrected chi connectivity index (χ2v) is 7.13. The number of likely N-dealkylation sites (tertiary alicyclic amines) is 1. The van der Waals surface area contributed by atoms with Gasteiger partial charge in [0.25, 0.3) is 0 Å². The third kappa shape index (κ3) is 4.26. The molecule has 3 rings (SSSR count). The van der Waals surface area contributed by atoms with Gasteiger partial charge in [0.1, 0.15) is 11.3 Å². The molecular formula is C17H28N6O2. The number of hydrogen-bond donors (Lipinski definition) is 1. The highest BCUT2D eigenvalue weighted by Gasteiger charge is 2.37. The minimum Gasteiger partial charge on any atom is -0.383 e. The Kier molecular flexibility index (Phi) is 5.51. The molecule has 2 aromatic rings. The number of nitrogens with zero attached hydrogens (tertiary/aromatic N) is 6. The molecule has 0 radical (unpaired) electrons. The van der Waals surface area contributed by atoms with Crippen LogP contribution in [0.15, 0.2) is 18.6 Å². The van der Waals surface area contributed by atoms with Crippen LogP contribution in [-0.4, -0.2) is 61.6 Å². The van der Waals surface area contributed by atoms with E-state index in [1.807, 2.05) is 23.3 Å². The van der Waals surface area contributed by atoms with Gasteiger partial charge in [-0.1, -0.05) is 5.21 Å². The summed E-state index contributed by atoms with van der Waals surface area (Å²) in [6.07, 6.45) is 7.45. The molecule has 1 aliphatic heterocycles. The zero-order valence-electron chi connectivity index (χ0n) is 15.3. The summed E-state index contributed by atoms with van der Waals surface area (Å²) < 4.78 is 8.77. The Hall–Kier alpha value is -1.77. The third-order valence-corrected chi connectivity index (χ3v) is 4.68. The van der Waals surface area contributed by atoms with Gasteiger partial charge in [-0.05, 0) is 33.2 Å². The fourth-order valence-electron chi connectivity index (χ4n) is 3.26. The van der Waals surface area contributed by atoms with Crippen molar-refractivity contribution in [3.8, 4) is 0 Å². The Labute approximate surface area is 148 Å². The number of β-amino-alcohol motifs (C(OH)–C–C–N with tert-alkyl or cyclic N) is 1. The van der Waals surface area contributed by atoms with Crippen molar-refractivity contribution in [1.82, 2.24) is 29.7 Å². The second kappa shape index (κ2) is 7.63. The van der Waals surface area contributed by atoms with Crippen LogP contribution in [0.25, 0.3) is 0 Å². The number of piperidine rings is 1. The van der Waals surface area contributed by atoms with Crippen molar-refractivity contribution in [3.05, 3.63) is 29.8 Å². The molecule has 138 valence electrons. The molecule has 0 spiro atoms. The van der Waals surface area contributed by atoms with Crippen molar-refractivity contribution in [2.45, 2.75) is 51.4 Å². The van der Waals surface area contributed by atoms with Gasteiger partial charge in [0.2, 0.25) is 0 Å². The van der Waals surface area contributed by atoms with Crippen molar-refractivity contribution < 1.29 is 9.84 Å². The van der Waals surface area contributed by atoms with Gasteiger partial charge in [0.15, 0.2) is 0 Å². The predicted octanol–water partition coefficient (Wildman–Crippen LogP) is 1.19. The molecule has 0 bridgehead atoms. The zero-order chi connectivity index (χ0) is 17.9.